The molecule has 0 bridgehead atoms. The zero-order valence-electron chi connectivity index (χ0n) is 8.92. The molecule has 15 heavy (non-hydrogen) atoms. The van der Waals surface area contributed by atoms with E-state index in [4.69, 9.17) is 4.74 Å². The number of hydrogen-bond donors (Lipinski definition) is 1. The second kappa shape index (κ2) is 4.64. The van der Waals surface area contributed by atoms with Crippen LogP contribution in [0.15, 0.2) is 28.7 Å². The Hall–Kier alpha value is -0.380. The highest BCUT2D eigenvalue weighted by Gasteiger charge is 2.39. The lowest BCUT2D eigenvalue weighted by Crippen LogP contribution is -2.53. The number of halogens is 1. The lowest BCUT2D eigenvalue weighted by molar-refractivity contribution is -0.0588. The van der Waals surface area contributed by atoms with Gasteiger partial charge >= 0.3 is 0 Å². The minimum absolute atomic E-state index is 0.194. The first kappa shape index (κ1) is 11.1. The first-order valence-corrected chi connectivity index (χ1v) is 6.11. The Labute approximate surface area is 99.1 Å². The van der Waals surface area contributed by atoms with E-state index in [9.17, 15) is 0 Å². The van der Waals surface area contributed by atoms with Gasteiger partial charge in [0.25, 0.3) is 0 Å². The molecule has 0 aromatic heterocycles. The van der Waals surface area contributed by atoms with E-state index in [2.05, 4.69) is 52.4 Å². The van der Waals surface area contributed by atoms with Crippen LogP contribution in [-0.4, -0.2) is 26.3 Å². The van der Waals surface area contributed by atoms with Gasteiger partial charge in [-0.15, -0.1) is 0 Å². The van der Waals surface area contributed by atoms with Crippen molar-refractivity contribution < 1.29 is 4.74 Å². The lowest BCUT2D eigenvalue weighted by atomic mass is 9.78. The third kappa shape index (κ3) is 2.25. The zero-order chi connectivity index (χ0) is 10.7. The molecule has 1 heterocycles. The number of ether oxygens (including phenoxy) is 1. The molecule has 1 N–H and O–H groups in total. The predicted octanol–water partition coefficient (Wildman–Crippen LogP) is 2.33. The average Bonchev–Trinajstić information content (AvgIpc) is 2.16. The van der Waals surface area contributed by atoms with Crippen LogP contribution in [0.1, 0.15) is 12.5 Å². The quantitative estimate of drug-likeness (QED) is 0.906. The van der Waals surface area contributed by atoms with E-state index >= 15 is 0 Å². The zero-order valence-corrected chi connectivity index (χ0v) is 10.5. The van der Waals surface area contributed by atoms with Gasteiger partial charge in [-0.3, -0.25) is 0 Å². The Morgan fingerprint density at radius 2 is 2.27 bits per heavy atom. The van der Waals surface area contributed by atoms with Gasteiger partial charge < -0.3 is 10.1 Å². The molecule has 1 fully saturated rings. The van der Waals surface area contributed by atoms with E-state index in [0.29, 0.717) is 0 Å². The Bertz CT molecular complexity index is 336. The number of rotatable bonds is 4. The van der Waals surface area contributed by atoms with E-state index in [0.717, 1.165) is 30.8 Å². The van der Waals surface area contributed by atoms with E-state index < -0.39 is 0 Å². The summed E-state index contributed by atoms with van der Waals surface area (Å²) in [7, 11) is 0. The molecular weight excluding hydrogens is 254 g/mol. The molecule has 1 aliphatic heterocycles. The van der Waals surface area contributed by atoms with Gasteiger partial charge in [-0.05, 0) is 24.2 Å². The van der Waals surface area contributed by atoms with Crippen LogP contribution in [0.4, 0.5) is 0 Å². The van der Waals surface area contributed by atoms with Crippen molar-refractivity contribution in [3.63, 3.8) is 0 Å². The van der Waals surface area contributed by atoms with Crippen LogP contribution in [-0.2, 0) is 10.2 Å². The first-order chi connectivity index (χ1) is 7.27. The van der Waals surface area contributed by atoms with Crippen LogP contribution in [0.3, 0.4) is 0 Å². The summed E-state index contributed by atoms with van der Waals surface area (Å²) in [6.07, 6.45) is 0. The van der Waals surface area contributed by atoms with Crippen molar-refractivity contribution in [2.75, 3.05) is 26.3 Å². The fourth-order valence-electron chi connectivity index (χ4n) is 1.90. The summed E-state index contributed by atoms with van der Waals surface area (Å²) in [6, 6.07) is 8.53. The van der Waals surface area contributed by atoms with Gasteiger partial charge in [-0.2, -0.15) is 0 Å². The summed E-state index contributed by atoms with van der Waals surface area (Å²) in [4.78, 5) is 0. The highest BCUT2D eigenvalue weighted by atomic mass is 79.9. The molecule has 3 heteroatoms. The topological polar surface area (TPSA) is 21.3 Å². The summed E-state index contributed by atoms with van der Waals surface area (Å²) in [6.45, 7) is 5.80. The largest absolute Gasteiger partial charge is 0.379 e. The van der Waals surface area contributed by atoms with Gasteiger partial charge in [0.15, 0.2) is 0 Å². The Morgan fingerprint density at radius 3 is 2.80 bits per heavy atom. The first-order valence-electron chi connectivity index (χ1n) is 5.31. The summed E-state index contributed by atoms with van der Waals surface area (Å²) in [5.41, 5.74) is 1.56. The van der Waals surface area contributed by atoms with E-state index in [1.54, 1.807) is 0 Å². The SMILES string of the molecule is CCNCC1(c2cccc(Br)c2)COC1. The normalized spacial score (nSPS) is 18.5. The Morgan fingerprint density at radius 1 is 1.47 bits per heavy atom. The van der Waals surface area contributed by atoms with Gasteiger partial charge in [0.2, 0.25) is 0 Å². The molecule has 1 aromatic rings. The van der Waals surface area contributed by atoms with Gasteiger partial charge in [0.1, 0.15) is 0 Å². The van der Waals surface area contributed by atoms with E-state index in [1.165, 1.54) is 5.56 Å². The molecule has 0 saturated carbocycles. The summed E-state index contributed by atoms with van der Waals surface area (Å²) < 4.78 is 6.52. The van der Waals surface area contributed by atoms with Crippen LogP contribution in [0, 0.1) is 0 Å². The van der Waals surface area contributed by atoms with Crippen molar-refractivity contribution in [3.05, 3.63) is 34.3 Å². The fraction of sp³-hybridized carbons (Fsp3) is 0.500. The third-order valence-corrected chi connectivity index (χ3v) is 3.40. The third-order valence-electron chi connectivity index (χ3n) is 2.91. The molecule has 0 radical (unpaired) electrons. The Balaban J connectivity index is 2.18. The van der Waals surface area contributed by atoms with Crippen LogP contribution in [0.2, 0.25) is 0 Å². The van der Waals surface area contributed by atoms with Crippen LogP contribution >= 0.6 is 15.9 Å². The maximum absolute atomic E-state index is 5.37. The van der Waals surface area contributed by atoms with Crippen molar-refractivity contribution in [1.82, 2.24) is 5.32 Å². The van der Waals surface area contributed by atoms with Crippen molar-refractivity contribution >= 4 is 15.9 Å². The highest BCUT2D eigenvalue weighted by molar-refractivity contribution is 9.10. The minimum atomic E-state index is 0.194. The molecule has 1 saturated heterocycles. The average molecular weight is 270 g/mol. The summed E-state index contributed by atoms with van der Waals surface area (Å²) in [5, 5.41) is 3.41. The standard InChI is InChI=1S/C12H16BrNO/c1-2-14-7-12(8-15-9-12)10-4-3-5-11(13)6-10/h3-6,14H,2,7-9H2,1H3. The summed E-state index contributed by atoms with van der Waals surface area (Å²) in [5.74, 6) is 0. The molecule has 82 valence electrons. The van der Waals surface area contributed by atoms with Gasteiger partial charge in [-0.1, -0.05) is 35.0 Å². The van der Waals surface area contributed by atoms with Crippen molar-refractivity contribution in [2.45, 2.75) is 12.3 Å². The number of likely N-dealkylation sites (N-methyl/N-ethyl adjacent to an activating group) is 1. The van der Waals surface area contributed by atoms with E-state index in [1.807, 2.05) is 0 Å². The molecule has 0 spiro atoms. The molecular formula is C12H16BrNO. The summed E-state index contributed by atoms with van der Waals surface area (Å²) >= 11 is 3.51. The number of benzene rings is 1. The lowest BCUT2D eigenvalue weighted by Gasteiger charge is -2.42. The second-order valence-electron chi connectivity index (χ2n) is 4.06. The maximum Gasteiger partial charge on any atom is 0.0598 e. The van der Waals surface area contributed by atoms with Crippen molar-refractivity contribution in [1.29, 1.82) is 0 Å². The minimum Gasteiger partial charge on any atom is -0.379 e. The predicted molar refractivity (Wildman–Crippen MR) is 65.2 cm³/mol. The molecule has 0 unspecified atom stereocenters. The van der Waals surface area contributed by atoms with E-state index in [-0.39, 0.29) is 5.41 Å². The van der Waals surface area contributed by atoms with Crippen molar-refractivity contribution in [3.8, 4) is 0 Å². The van der Waals surface area contributed by atoms with Gasteiger partial charge in [-0.25, -0.2) is 0 Å². The highest BCUT2D eigenvalue weighted by Crippen LogP contribution is 2.33. The van der Waals surface area contributed by atoms with Gasteiger partial charge in [0, 0.05) is 11.0 Å². The molecule has 0 amide bonds. The molecule has 0 aliphatic carbocycles. The molecule has 2 rings (SSSR count). The monoisotopic (exact) mass is 269 g/mol. The number of hydrogen-bond acceptors (Lipinski definition) is 2. The fourth-order valence-corrected chi connectivity index (χ4v) is 2.30. The molecule has 2 nitrogen and oxygen atoms in total. The van der Waals surface area contributed by atoms with Crippen LogP contribution in [0.25, 0.3) is 0 Å². The van der Waals surface area contributed by atoms with Crippen molar-refractivity contribution in [2.24, 2.45) is 0 Å². The van der Waals surface area contributed by atoms with Gasteiger partial charge in [0.05, 0.1) is 18.6 Å². The Kier molecular flexibility index (Phi) is 3.44. The van der Waals surface area contributed by atoms with Crippen LogP contribution in [0.5, 0.6) is 0 Å². The smallest absolute Gasteiger partial charge is 0.0598 e. The number of nitrogens with one attached hydrogen (secondary N) is 1. The molecule has 1 aliphatic rings. The second-order valence-corrected chi connectivity index (χ2v) is 4.98. The maximum atomic E-state index is 5.37. The molecule has 1 aromatic carbocycles. The van der Waals surface area contributed by atoms with Crippen LogP contribution < -0.4 is 5.32 Å². The molecule has 0 atom stereocenters.